The number of nitrogens with one attached hydrogen (secondary N) is 1. The van der Waals surface area contributed by atoms with Gasteiger partial charge < -0.3 is 5.32 Å². The number of hydrogen-bond donors (Lipinski definition) is 1. The van der Waals surface area contributed by atoms with E-state index in [-0.39, 0.29) is 16.7 Å². The van der Waals surface area contributed by atoms with Gasteiger partial charge in [0.05, 0.1) is 17.5 Å². The molecule has 1 atom stereocenters. The first-order valence-corrected chi connectivity index (χ1v) is 7.56. The molecule has 0 amide bonds. The Bertz CT molecular complexity index is 790. The van der Waals surface area contributed by atoms with Crippen molar-refractivity contribution in [2.24, 2.45) is 0 Å². The number of benzene rings is 2. The van der Waals surface area contributed by atoms with Crippen LogP contribution < -0.4 is 5.32 Å². The SMILES string of the molecule is O=[N+]([O-])c1cccc(CNC(Cn2cncn2)c2ccccc2)c1. The Balaban J connectivity index is 1.74. The van der Waals surface area contributed by atoms with Crippen molar-refractivity contribution in [2.45, 2.75) is 19.1 Å². The van der Waals surface area contributed by atoms with Crippen LogP contribution in [-0.2, 0) is 13.1 Å². The normalized spacial score (nSPS) is 12.0. The standard InChI is InChI=1S/C17H17N5O2/c23-22(24)16-8-4-5-14(9-16)10-19-17(11-21-13-18-12-20-21)15-6-2-1-3-7-15/h1-9,12-13,17,19H,10-11H2. The summed E-state index contributed by atoms with van der Waals surface area (Å²) in [7, 11) is 0. The summed E-state index contributed by atoms with van der Waals surface area (Å²) in [4.78, 5) is 14.5. The topological polar surface area (TPSA) is 85.9 Å². The second-order valence-corrected chi connectivity index (χ2v) is 5.39. The molecule has 122 valence electrons. The van der Waals surface area contributed by atoms with Gasteiger partial charge in [0.1, 0.15) is 12.7 Å². The molecular formula is C17H17N5O2. The highest BCUT2D eigenvalue weighted by Crippen LogP contribution is 2.17. The number of rotatable bonds is 7. The molecule has 1 N–H and O–H groups in total. The second-order valence-electron chi connectivity index (χ2n) is 5.39. The Morgan fingerprint density at radius 1 is 1.17 bits per heavy atom. The summed E-state index contributed by atoms with van der Waals surface area (Å²) in [6.45, 7) is 1.15. The van der Waals surface area contributed by atoms with Crippen LogP contribution in [0, 0.1) is 10.1 Å². The van der Waals surface area contributed by atoms with Crippen LogP contribution in [0.2, 0.25) is 0 Å². The fourth-order valence-electron chi connectivity index (χ4n) is 2.51. The van der Waals surface area contributed by atoms with Crippen molar-refractivity contribution in [1.29, 1.82) is 0 Å². The highest BCUT2D eigenvalue weighted by atomic mass is 16.6. The largest absolute Gasteiger partial charge is 0.304 e. The first-order valence-electron chi connectivity index (χ1n) is 7.56. The summed E-state index contributed by atoms with van der Waals surface area (Å²) in [6, 6.07) is 16.7. The molecule has 7 heteroatoms. The molecule has 2 aromatic carbocycles. The van der Waals surface area contributed by atoms with Gasteiger partial charge in [0.15, 0.2) is 0 Å². The highest BCUT2D eigenvalue weighted by molar-refractivity contribution is 5.34. The predicted octanol–water partition coefficient (Wildman–Crippen LogP) is 2.72. The second kappa shape index (κ2) is 7.47. The molecule has 3 aromatic rings. The van der Waals surface area contributed by atoms with Crippen LogP contribution in [-0.4, -0.2) is 19.7 Å². The average molecular weight is 323 g/mol. The van der Waals surface area contributed by atoms with E-state index in [1.807, 2.05) is 36.4 Å². The van der Waals surface area contributed by atoms with Gasteiger partial charge in [-0.1, -0.05) is 42.5 Å². The van der Waals surface area contributed by atoms with E-state index in [4.69, 9.17) is 0 Å². The number of hydrogen-bond acceptors (Lipinski definition) is 5. The summed E-state index contributed by atoms with van der Waals surface area (Å²) in [6.07, 6.45) is 3.17. The van der Waals surface area contributed by atoms with Crippen molar-refractivity contribution >= 4 is 5.69 Å². The monoisotopic (exact) mass is 323 g/mol. The Hall–Kier alpha value is -3.06. The molecular weight excluding hydrogens is 306 g/mol. The molecule has 0 aliphatic rings. The van der Waals surface area contributed by atoms with Crippen LogP contribution in [0.15, 0.2) is 67.3 Å². The Labute approximate surface area is 139 Å². The van der Waals surface area contributed by atoms with Crippen molar-refractivity contribution in [1.82, 2.24) is 20.1 Å². The Morgan fingerprint density at radius 2 is 2.00 bits per heavy atom. The van der Waals surface area contributed by atoms with Crippen LogP contribution >= 0.6 is 0 Å². The minimum absolute atomic E-state index is 0.0205. The molecule has 0 radical (unpaired) electrons. The number of nitrogens with zero attached hydrogens (tertiary/aromatic N) is 4. The molecule has 1 aromatic heterocycles. The van der Waals surface area contributed by atoms with Gasteiger partial charge in [0, 0.05) is 18.7 Å². The molecule has 0 fully saturated rings. The lowest BCUT2D eigenvalue weighted by molar-refractivity contribution is -0.384. The van der Waals surface area contributed by atoms with Gasteiger partial charge in [0.25, 0.3) is 5.69 Å². The molecule has 1 unspecified atom stereocenters. The zero-order valence-corrected chi connectivity index (χ0v) is 12.9. The van der Waals surface area contributed by atoms with Crippen LogP contribution in [0.25, 0.3) is 0 Å². The van der Waals surface area contributed by atoms with Crippen molar-refractivity contribution in [3.8, 4) is 0 Å². The smallest absolute Gasteiger partial charge is 0.269 e. The van der Waals surface area contributed by atoms with Gasteiger partial charge in [-0.2, -0.15) is 5.10 Å². The summed E-state index contributed by atoms with van der Waals surface area (Å²) >= 11 is 0. The molecule has 0 aliphatic carbocycles. The van der Waals surface area contributed by atoms with E-state index in [0.29, 0.717) is 13.1 Å². The lowest BCUT2D eigenvalue weighted by Crippen LogP contribution is -2.25. The van der Waals surface area contributed by atoms with Gasteiger partial charge in [-0.25, -0.2) is 4.98 Å². The van der Waals surface area contributed by atoms with E-state index in [0.717, 1.165) is 11.1 Å². The average Bonchev–Trinajstić information content (AvgIpc) is 3.12. The van der Waals surface area contributed by atoms with Crippen molar-refractivity contribution in [3.05, 3.63) is 88.5 Å². The highest BCUT2D eigenvalue weighted by Gasteiger charge is 2.13. The summed E-state index contributed by atoms with van der Waals surface area (Å²) < 4.78 is 1.76. The maximum absolute atomic E-state index is 10.9. The minimum atomic E-state index is -0.381. The molecule has 0 aliphatic heterocycles. The van der Waals surface area contributed by atoms with E-state index >= 15 is 0 Å². The van der Waals surface area contributed by atoms with Gasteiger partial charge in [-0.05, 0) is 11.1 Å². The molecule has 1 heterocycles. The van der Waals surface area contributed by atoms with E-state index in [2.05, 4.69) is 15.4 Å². The number of nitro groups is 1. The molecule has 3 rings (SSSR count). The summed E-state index contributed by atoms with van der Waals surface area (Å²) in [5, 5.41) is 18.5. The quantitative estimate of drug-likeness (QED) is 0.534. The zero-order valence-electron chi connectivity index (χ0n) is 12.9. The first-order chi connectivity index (χ1) is 11.7. The number of aromatic nitrogens is 3. The molecule has 7 nitrogen and oxygen atoms in total. The lowest BCUT2D eigenvalue weighted by atomic mass is 10.1. The van der Waals surface area contributed by atoms with Gasteiger partial charge in [-0.3, -0.25) is 14.8 Å². The van der Waals surface area contributed by atoms with Gasteiger partial charge >= 0.3 is 0 Å². The van der Waals surface area contributed by atoms with Crippen LogP contribution in [0.1, 0.15) is 17.2 Å². The maximum atomic E-state index is 10.9. The molecule has 0 saturated carbocycles. The fraction of sp³-hybridized carbons (Fsp3) is 0.176. The summed E-state index contributed by atoms with van der Waals surface area (Å²) in [5.74, 6) is 0. The predicted molar refractivity (Wildman–Crippen MR) is 89.1 cm³/mol. The van der Waals surface area contributed by atoms with Gasteiger partial charge in [-0.15, -0.1) is 0 Å². The third-order valence-electron chi connectivity index (χ3n) is 3.71. The number of non-ortho nitro benzene ring substituents is 1. The van der Waals surface area contributed by atoms with E-state index in [1.54, 1.807) is 23.1 Å². The Kier molecular flexibility index (Phi) is 4.93. The van der Waals surface area contributed by atoms with E-state index < -0.39 is 0 Å². The molecule has 0 saturated heterocycles. The van der Waals surface area contributed by atoms with E-state index in [9.17, 15) is 10.1 Å². The fourth-order valence-corrected chi connectivity index (χ4v) is 2.51. The first kappa shape index (κ1) is 15.8. The molecule has 0 spiro atoms. The van der Waals surface area contributed by atoms with Crippen molar-refractivity contribution < 1.29 is 4.92 Å². The third-order valence-corrected chi connectivity index (χ3v) is 3.71. The summed E-state index contributed by atoms with van der Waals surface area (Å²) in [5.41, 5.74) is 2.09. The van der Waals surface area contributed by atoms with Crippen LogP contribution in [0.4, 0.5) is 5.69 Å². The van der Waals surface area contributed by atoms with Crippen LogP contribution in [0.5, 0.6) is 0 Å². The molecule has 24 heavy (non-hydrogen) atoms. The van der Waals surface area contributed by atoms with Gasteiger partial charge in [0.2, 0.25) is 0 Å². The van der Waals surface area contributed by atoms with Crippen LogP contribution in [0.3, 0.4) is 0 Å². The third kappa shape index (κ3) is 4.02. The van der Waals surface area contributed by atoms with Crippen molar-refractivity contribution in [3.63, 3.8) is 0 Å². The maximum Gasteiger partial charge on any atom is 0.269 e. The van der Waals surface area contributed by atoms with E-state index in [1.165, 1.54) is 12.4 Å². The van der Waals surface area contributed by atoms with Crippen molar-refractivity contribution in [2.75, 3.05) is 0 Å². The minimum Gasteiger partial charge on any atom is -0.304 e. The zero-order chi connectivity index (χ0) is 16.8. The number of nitro benzene ring substituents is 1. The Morgan fingerprint density at radius 3 is 2.71 bits per heavy atom. The lowest BCUT2D eigenvalue weighted by Gasteiger charge is -2.19. The molecule has 0 bridgehead atoms.